The van der Waals surface area contributed by atoms with Crippen LogP contribution in [0.15, 0.2) is 18.2 Å². The van der Waals surface area contributed by atoms with Crippen molar-refractivity contribution in [2.24, 2.45) is 0 Å². The molecule has 5 nitrogen and oxygen atoms in total. The average Bonchev–Trinajstić information content (AvgIpc) is 2.02. The molecule has 0 aliphatic rings. The number of halogens is 1. The first kappa shape index (κ1) is 9.47. The molecule has 13 heavy (non-hydrogen) atoms. The fraction of sp³-hybridized carbons (Fsp3) is 0. The summed E-state index contributed by atoms with van der Waals surface area (Å²) in [6, 6.07) is 3.59. The number of phenolic OH excluding ortho intramolecular Hbond substituents is 1. The standard InChI is InChI=1S/C7H4ClNO4/c8-7(11)4-2-1-3-5(10)6(4)9(12)13/h1-3,10H. The monoisotopic (exact) mass is 201 g/mol. The molecule has 6 heteroatoms. The molecule has 1 aromatic carbocycles. The maximum atomic E-state index is 10.7. The molecule has 0 bridgehead atoms. The van der Waals surface area contributed by atoms with E-state index in [9.17, 15) is 14.9 Å². The van der Waals surface area contributed by atoms with E-state index in [1.165, 1.54) is 12.1 Å². The molecule has 0 aliphatic heterocycles. The van der Waals surface area contributed by atoms with E-state index in [0.29, 0.717) is 0 Å². The molecule has 0 heterocycles. The maximum Gasteiger partial charge on any atom is 0.322 e. The van der Waals surface area contributed by atoms with Gasteiger partial charge in [0.25, 0.3) is 5.24 Å². The molecule has 0 unspecified atom stereocenters. The number of rotatable bonds is 2. The summed E-state index contributed by atoms with van der Waals surface area (Å²) >= 11 is 5.07. The van der Waals surface area contributed by atoms with E-state index < -0.39 is 21.6 Å². The van der Waals surface area contributed by atoms with Gasteiger partial charge in [-0.1, -0.05) is 6.07 Å². The molecular formula is C7H4ClNO4. The van der Waals surface area contributed by atoms with Crippen LogP contribution >= 0.6 is 11.6 Å². The number of hydrogen-bond donors (Lipinski definition) is 1. The van der Waals surface area contributed by atoms with E-state index >= 15 is 0 Å². The van der Waals surface area contributed by atoms with Crippen LogP contribution in [0.25, 0.3) is 0 Å². The van der Waals surface area contributed by atoms with Crippen molar-refractivity contribution in [1.82, 2.24) is 0 Å². The van der Waals surface area contributed by atoms with Crippen molar-refractivity contribution >= 4 is 22.5 Å². The third kappa shape index (κ3) is 1.75. The fourth-order valence-corrected chi connectivity index (χ4v) is 1.03. The number of para-hydroxylation sites is 1. The SMILES string of the molecule is O=C(Cl)c1cccc(O)c1[N+](=O)[O-]. The van der Waals surface area contributed by atoms with Crippen molar-refractivity contribution in [3.63, 3.8) is 0 Å². The molecule has 0 atom stereocenters. The van der Waals surface area contributed by atoms with Crippen molar-refractivity contribution < 1.29 is 14.8 Å². The molecule has 0 spiro atoms. The van der Waals surface area contributed by atoms with Crippen molar-refractivity contribution in [2.45, 2.75) is 0 Å². The number of nitrogens with zero attached hydrogens (tertiary/aromatic N) is 1. The minimum Gasteiger partial charge on any atom is -0.502 e. The van der Waals surface area contributed by atoms with Gasteiger partial charge in [0.2, 0.25) is 0 Å². The quantitative estimate of drug-likeness (QED) is 0.448. The number of nitro benzene ring substituents is 1. The molecule has 0 aromatic heterocycles. The normalized spacial score (nSPS) is 9.62. The van der Waals surface area contributed by atoms with Gasteiger partial charge in [-0.2, -0.15) is 0 Å². The number of carbonyl (C=O) groups is 1. The van der Waals surface area contributed by atoms with Gasteiger partial charge in [0.05, 0.1) is 4.92 Å². The number of benzene rings is 1. The van der Waals surface area contributed by atoms with Gasteiger partial charge >= 0.3 is 5.69 Å². The van der Waals surface area contributed by atoms with Crippen LogP contribution in [0.4, 0.5) is 5.69 Å². The zero-order chi connectivity index (χ0) is 10.0. The molecule has 0 fully saturated rings. The van der Waals surface area contributed by atoms with Crippen LogP contribution in [-0.4, -0.2) is 15.3 Å². The van der Waals surface area contributed by atoms with Crippen LogP contribution in [0.1, 0.15) is 10.4 Å². The first-order chi connectivity index (χ1) is 6.04. The van der Waals surface area contributed by atoms with Crippen molar-refractivity contribution in [3.8, 4) is 5.75 Å². The summed E-state index contributed by atoms with van der Waals surface area (Å²) in [6.45, 7) is 0. The van der Waals surface area contributed by atoms with E-state index in [0.717, 1.165) is 6.07 Å². The third-order valence-electron chi connectivity index (χ3n) is 1.41. The van der Waals surface area contributed by atoms with Crippen LogP contribution in [-0.2, 0) is 0 Å². The highest BCUT2D eigenvalue weighted by molar-refractivity contribution is 6.68. The number of aromatic hydroxyl groups is 1. The number of nitro groups is 1. The molecule has 1 N–H and O–H groups in total. The van der Waals surface area contributed by atoms with E-state index in [4.69, 9.17) is 16.7 Å². The second-order valence-corrected chi connectivity index (χ2v) is 2.55. The van der Waals surface area contributed by atoms with Gasteiger partial charge in [0.15, 0.2) is 5.75 Å². The number of carbonyl (C=O) groups excluding carboxylic acids is 1. The summed E-state index contributed by atoms with van der Waals surface area (Å²) in [6.07, 6.45) is 0. The fourth-order valence-electron chi connectivity index (χ4n) is 0.882. The van der Waals surface area contributed by atoms with Crippen LogP contribution in [0.3, 0.4) is 0 Å². The highest BCUT2D eigenvalue weighted by Gasteiger charge is 2.22. The molecule has 68 valence electrons. The Hall–Kier alpha value is -1.62. The first-order valence-electron chi connectivity index (χ1n) is 3.20. The molecule has 0 saturated carbocycles. The topological polar surface area (TPSA) is 80.4 Å². The van der Waals surface area contributed by atoms with Gasteiger partial charge in [0.1, 0.15) is 5.56 Å². The Balaban J connectivity index is 3.43. The molecule has 1 aromatic rings. The molecular weight excluding hydrogens is 198 g/mol. The zero-order valence-electron chi connectivity index (χ0n) is 6.23. The Morgan fingerprint density at radius 2 is 2.15 bits per heavy atom. The Bertz CT molecular complexity index is 377. The largest absolute Gasteiger partial charge is 0.502 e. The van der Waals surface area contributed by atoms with Gasteiger partial charge in [-0.3, -0.25) is 14.9 Å². The summed E-state index contributed by atoms with van der Waals surface area (Å²) in [5, 5.41) is 18.5. The molecule has 0 aliphatic carbocycles. The Labute approximate surface area is 77.7 Å². The highest BCUT2D eigenvalue weighted by atomic mass is 35.5. The van der Waals surface area contributed by atoms with Gasteiger partial charge in [-0.25, -0.2) is 0 Å². The Morgan fingerprint density at radius 1 is 1.54 bits per heavy atom. The summed E-state index contributed by atoms with van der Waals surface area (Å²) < 4.78 is 0. The van der Waals surface area contributed by atoms with Crippen LogP contribution in [0, 0.1) is 10.1 Å². The lowest BCUT2D eigenvalue weighted by molar-refractivity contribution is -0.386. The summed E-state index contributed by atoms with van der Waals surface area (Å²) in [7, 11) is 0. The Kier molecular flexibility index (Phi) is 2.48. The predicted molar refractivity (Wildman–Crippen MR) is 44.9 cm³/mol. The van der Waals surface area contributed by atoms with E-state index in [-0.39, 0.29) is 5.56 Å². The highest BCUT2D eigenvalue weighted by Crippen LogP contribution is 2.30. The molecule has 0 amide bonds. The van der Waals surface area contributed by atoms with Crippen molar-refractivity contribution in [1.29, 1.82) is 0 Å². The van der Waals surface area contributed by atoms with Gasteiger partial charge in [0, 0.05) is 0 Å². The first-order valence-corrected chi connectivity index (χ1v) is 3.58. The van der Waals surface area contributed by atoms with E-state index in [2.05, 4.69) is 0 Å². The minimum atomic E-state index is -0.970. The van der Waals surface area contributed by atoms with E-state index in [1.807, 2.05) is 0 Å². The smallest absolute Gasteiger partial charge is 0.322 e. The van der Waals surface area contributed by atoms with Gasteiger partial charge in [-0.15, -0.1) is 0 Å². The summed E-state index contributed by atoms with van der Waals surface area (Å²) in [5.41, 5.74) is -0.978. The molecule has 1 rings (SSSR count). The number of hydrogen-bond acceptors (Lipinski definition) is 4. The van der Waals surface area contributed by atoms with Crippen LogP contribution in [0.5, 0.6) is 5.75 Å². The van der Waals surface area contributed by atoms with Crippen molar-refractivity contribution in [2.75, 3.05) is 0 Å². The van der Waals surface area contributed by atoms with Gasteiger partial charge < -0.3 is 5.11 Å². The average molecular weight is 202 g/mol. The lowest BCUT2D eigenvalue weighted by Crippen LogP contribution is -1.98. The second kappa shape index (κ2) is 3.40. The van der Waals surface area contributed by atoms with Crippen LogP contribution in [0.2, 0.25) is 0 Å². The summed E-state index contributed by atoms with van der Waals surface area (Å²) in [4.78, 5) is 20.2. The molecule has 0 radical (unpaired) electrons. The maximum absolute atomic E-state index is 10.7. The van der Waals surface area contributed by atoms with E-state index in [1.54, 1.807) is 0 Å². The zero-order valence-corrected chi connectivity index (χ0v) is 6.99. The van der Waals surface area contributed by atoms with Crippen molar-refractivity contribution in [3.05, 3.63) is 33.9 Å². The third-order valence-corrected chi connectivity index (χ3v) is 1.61. The lowest BCUT2D eigenvalue weighted by atomic mass is 10.2. The Morgan fingerprint density at radius 3 is 2.54 bits per heavy atom. The van der Waals surface area contributed by atoms with Gasteiger partial charge in [-0.05, 0) is 23.7 Å². The second-order valence-electron chi connectivity index (χ2n) is 2.20. The minimum absolute atomic E-state index is 0.313. The van der Waals surface area contributed by atoms with Crippen LogP contribution < -0.4 is 0 Å². The molecule has 0 saturated heterocycles. The number of phenols is 1. The lowest BCUT2D eigenvalue weighted by Gasteiger charge is -1.98. The predicted octanol–water partition coefficient (Wildman–Crippen LogP) is 1.68. The summed E-state index contributed by atoms with van der Waals surface area (Å²) in [5.74, 6) is -0.573.